The number of amides is 1. The molecule has 6 nitrogen and oxygen atoms in total. The van der Waals surface area contributed by atoms with Crippen molar-refractivity contribution in [2.75, 3.05) is 20.2 Å². The number of likely N-dealkylation sites (tertiary alicyclic amines) is 1. The van der Waals surface area contributed by atoms with E-state index < -0.39 is 0 Å². The number of methoxy groups -OCH3 is 1. The van der Waals surface area contributed by atoms with Crippen LogP contribution < -0.4 is 0 Å². The summed E-state index contributed by atoms with van der Waals surface area (Å²) in [6, 6.07) is 16.1. The van der Waals surface area contributed by atoms with Gasteiger partial charge in [-0.15, -0.1) is 0 Å². The molecule has 0 bridgehead atoms. The number of fused-ring (bicyclic) bond motifs is 1. The van der Waals surface area contributed by atoms with Gasteiger partial charge in [0, 0.05) is 25.6 Å². The molecular weight excluding hydrogens is 356 g/mol. The van der Waals surface area contributed by atoms with E-state index in [0.717, 1.165) is 11.3 Å². The Morgan fingerprint density at radius 1 is 1.14 bits per heavy atom. The molecule has 1 aliphatic rings. The van der Waals surface area contributed by atoms with Crippen molar-refractivity contribution in [3.63, 3.8) is 0 Å². The summed E-state index contributed by atoms with van der Waals surface area (Å²) < 4.78 is 10.1. The first-order valence-electron chi connectivity index (χ1n) is 9.45. The number of hydrogen-bond donors (Lipinski definition) is 0. The van der Waals surface area contributed by atoms with Gasteiger partial charge in [0.1, 0.15) is 0 Å². The molecule has 1 fully saturated rings. The lowest BCUT2D eigenvalue weighted by Gasteiger charge is -2.29. The van der Waals surface area contributed by atoms with Gasteiger partial charge in [-0.2, -0.15) is 0 Å². The minimum Gasteiger partial charge on any atom is -0.469 e. The van der Waals surface area contributed by atoms with Gasteiger partial charge in [-0.3, -0.25) is 9.59 Å². The van der Waals surface area contributed by atoms with Gasteiger partial charge in [-0.25, -0.2) is 0 Å². The largest absolute Gasteiger partial charge is 0.469 e. The molecule has 0 radical (unpaired) electrons. The van der Waals surface area contributed by atoms with E-state index >= 15 is 0 Å². The van der Waals surface area contributed by atoms with Crippen molar-refractivity contribution in [1.82, 2.24) is 10.1 Å². The molecule has 0 aliphatic carbocycles. The molecule has 4 rings (SSSR count). The second-order valence-corrected chi connectivity index (χ2v) is 7.09. The van der Waals surface area contributed by atoms with Gasteiger partial charge in [-0.1, -0.05) is 47.6 Å². The molecule has 0 unspecified atom stereocenters. The minimum atomic E-state index is -0.205. The summed E-state index contributed by atoms with van der Waals surface area (Å²) in [6.45, 7) is 1.02. The van der Waals surface area contributed by atoms with E-state index in [1.54, 1.807) is 11.0 Å². The third-order valence-corrected chi connectivity index (χ3v) is 5.34. The van der Waals surface area contributed by atoms with Crippen LogP contribution >= 0.6 is 0 Å². The van der Waals surface area contributed by atoms with Crippen LogP contribution in [0.15, 0.2) is 53.1 Å². The number of piperidine rings is 1. The van der Waals surface area contributed by atoms with Crippen LogP contribution in [0.3, 0.4) is 0 Å². The Morgan fingerprint density at radius 2 is 1.89 bits per heavy atom. The van der Waals surface area contributed by atoms with Crippen LogP contribution in [0.1, 0.15) is 34.7 Å². The number of benzene rings is 2. The van der Waals surface area contributed by atoms with Crippen LogP contribution in [-0.4, -0.2) is 42.1 Å². The number of nitrogens with zero attached hydrogens (tertiary/aromatic N) is 2. The van der Waals surface area contributed by atoms with Crippen molar-refractivity contribution >= 4 is 22.6 Å². The summed E-state index contributed by atoms with van der Waals surface area (Å²) in [6.07, 6.45) is 1.81. The van der Waals surface area contributed by atoms with Gasteiger partial charge in [0.15, 0.2) is 0 Å². The smallest absolute Gasteiger partial charge is 0.308 e. The first kappa shape index (κ1) is 18.2. The van der Waals surface area contributed by atoms with Gasteiger partial charge < -0.3 is 14.2 Å². The summed E-state index contributed by atoms with van der Waals surface area (Å²) >= 11 is 0. The topological polar surface area (TPSA) is 72.6 Å². The lowest BCUT2D eigenvalue weighted by molar-refractivity contribution is -0.146. The Kier molecular flexibility index (Phi) is 5.10. The SMILES string of the molecule is COC(=O)C1CCN(C(=O)c2cc(Cc3cccc4ccccc34)no2)CC1. The molecule has 144 valence electrons. The average Bonchev–Trinajstić information content (AvgIpc) is 3.21. The zero-order valence-corrected chi connectivity index (χ0v) is 15.8. The molecule has 28 heavy (non-hydrogen) atoms. The van der Waals surface area contributed by atoms with E-state index in [-0.39, 0.29) is 23.6 Å². The molecule has 1 amide bonds. The molecule has 3 aromatic rings. The lowest BCUT2D eigenvalue weighted by Crippen LogP contribution is -2.40. The molecule has 1 aliphatic heterocycles. The molecule has 0 N–H and O–H groups in total. The van der Waals surface area contributed by atoms with Crippen molar-refractivity contribution in [3.05, 3.63) is 65.5 Å². The highest BCUT2D eigenvalue weighted by Gasteiger charge is 2.29. The maximum atomic E-state index is 12.7. The first-order chi connectivity index (χ1) is 13.7. The fourth-order valence-electron chi connectivity index (χ4n) is 3.78. The molecule has 1 aromatic heterocycles. The van der Waals surface area contributed by atoms with Gasteiger partial charge in [0.05, 0.1) is 18.7 Å². The van der Waals surface area contributed by atoms with Gasteiger partial charge in [0.25, 0.3) is 5.91 Å². The Morgan fingerprint density at radius 3 is 2.68 bits per heavy atom. The van der Waals surface area contributed by atoms with Crippen LogP contribution in [0.25, 0.3) is 10.8 Å². The van der Waals surface area contributed by atoms with Crippen LogP contribution in [0.5, 0.6) is 0 Å². The Balaban J connectivity index is 1.44. The summed E-state index contributed by atoms with van der Waals surface area (Å²) in [7, 11) is 1.39. The van der Waals surface area contributed by atoms with Crippen LogP contribution in [-0.2, 0) is 16.0 Å². The maximum absolute atomic E-state index is 12.7. The second kappa shape index (κ2) is 7.84. The molecular formula is C22H22N2O4. The van der Waals surface area contributed by atoms with E-state index in [4.69, 9.17) is 9.26 Å². The highest BCUT2D eigenvalue weighted by molar-refractivity contribution is 5.92. The molecule has 6 heteroatoms. The van der Waals surface area contributed by atoms with Crippen molar-refractivity contribution < 1.29 is 18.8 Å². The fourth-order valence-corrected chi connectivity index (χ4v) is 3.78. The van der Waals surface area contributed by atoms with E-state index in [1.807, 2.05) is 18.2 Å². The number of carbonyl (C=O) groups excluding carboxylic acids is 2. The average molecular weight is 378 g/mol. The third-order valence-electron chi connectivity index (χ3n) is 5.34. The highest BCUT2D eigenvalue weighted by Crippen LogP contribution is 2.23. The standard InChI is InChI=1S/C22H22N2O4/c1-27-22(26)16-9-11-24(12-10-16)21(25)20-14-18(23-28-20)13-17-7-4-6-15-5-2-3-8-19(15)17/h2-8,14,16H,9-13H2,1H3. The summed E-state index contributed by atoms with van der Waals surface area (Å²) in [5.74, 6) is -0.276. The number of carbonyl (C=O) groups is 2. The Bertz CT molecular complexity index is 997. The number of esters is 1. The Hall–Kier alpha value is -3.15. The normalized spacial score (nSPS) is 15.0. The van der Waals surface area contributed by atoms with Crippen molar-refractivity contribution in [1.29, 1.82) is 0 Å². The molecule has 1 saturated heterocycles. The summed E-state index contributed by atoms with van der Waals surface area (Å²) in [4.78, 5) is 26.0. The predicted molar refractivity (Wildman–Crippen MR) is 104 cm³/mol. The summed E-state index contributed by atoms with van der Waals surface area (Å²) in [5.41, 5.74) is 1.87. The molecule has 0 spiro atoms. The van der Waals surface area contributed by atoms with E-state index in [2.05, 4.69) is 29.4 Å². The maximum Gasteiger partial charge on any atom is 0.308 e. The minimum absolute atomic E-state index is 0.134. The zero-order chi connectivity index (χ0) is 19.5. The molecule has 0 atom stereocenters. The molecule has 2 heterocycles. The molecule has 2 aromatic carbocycles. The fraction of sp³-hybridized carbons (Fsp3) is 0.318. The number of hydrogen-bond acceptors (Lipinski definition) is 5. The number of ether oxygens (including phenoxy) is 1. The van der Waals surface area contributed by atoms with Crippen LogP contribution in [0, 0.1) is 5.92 Å². The quantitative estimate of drug-likeness (QED) is 0.650. The number of aromatic nitrogens is 1. The van der Waals surface area contributed by atoms with Crippen molar-refractivity contribution in [2.45, 2.75) is 19.3 Å². The van der Waals surface area contributed by atoms with Gasteiger partial charge in [-0.05, 0) is 29.2 Å². The Labute approximate surface area is 163 Å². The van der Waals surface area contributed by atoms with E-state index in [9.17, 15) is 9.59 Å². The highest BCUT2D eigenvalue weighted by atomic mass is 16.5. The van der Waals surface area contributed by atoms with E-state index in [1.165, 1.54) is 17.9 Å². The van der Waals surface area contributed by atoms with Crippen LogP contribution in [0.2, 0.25) is 0 Å². The van der Waals surface area contributed by atoms with Gasteiger partial charge in [0.2, 0.25) is 5.76 Å². The van der Waals surface area contributed by atoms with Crippen molar-refractivity contribution in [3.8, 4) is 0 Å². The number of rotatable bonds is 4. The third kappa shape index (κ3) is 3.63. The molecule has 0 saturated carbocycles. The second-order valence-electron chi connectivity index (χ2n) is 7.09. The first-order valence-corrected chi connectivity index (χ1v) is 9.45. The zero-order valence-electron chi connectivity index (χ0n) is 15.8. The van der Waals surface area contributed by atoms with Crippen LogP contribution in [0.4, 0.5) is 0 Å². The van der Waals surface area contributed by atoms with Gasteiger partial charge >= 0.3 is 5.97 Å². The van der Waals surface area contributed by atoms with E-state index in [0.29, 0.717) is 32.4 Å². The van der Waals surface area contributed by atoms with Crippen molar-refractivity contribution in [2.24, 2.45) is 5.92 Å². The summed E-state index contributed by atoms with van der Waals surface area (Å²) in [5, 5.41) is 6.44. The monoisotopic (exact) mass is 378 g/mol. The lowest BCUT2D eigenvalue weighted by atomic mass is 9.97. The predicted octanol–water partition coefficient (Wildman–Crippen LogP) is 3.44.